The van der Waals surface area contributed by atoms with Gasteiger partial charge in [0.25, 0.3) is 0 Å². The number of carbonyl (C=O) groups is 2. The third kappa shape index (κ3) is 9.95. The molecule has 0 saturated carbocycles. The van der Waals surface area contributed by atoms with Gasteiger partial charge >= 0.3 is 0 Å². The highest BCUT2D eigenvalue weighted by Gasteiger charge is 2.16. The van der Waals surface area contributed by atoms with Crippen LogP contribution in [0.3, 0.4) is 0 Å². The van der Waals surface area contributed by atoms with Gasteiger partial charge < -0.3 is 18.8 Å². The first-order valence-electron chi connectivity index (χ1n) is 19.7. The largest absolute Gasteiger partial charge is 0.494 e. The highest BCUT2D eigenvalue weighted by molar-refractivity contribution is 5.83. The van der Waals surface area contributed by atoms with Gasteiger partial charge in [0, 0.05) is 39.3 Å². The fourth-order valence-corrected chi connectivity index (χ4v) is 6.60. The van der Waals surface area contributed by atoms with Gasteiger partial charge in [-0.2, -0.15) is 0 Å². The van der Waals surface area contributed by atoms with Crippen LogP contribution in [0.25, 0.3) is 34.0 Å². The normalized spacial score (nSPS) is 11.2. The molecule has 1 heterocycles. The number of benzene rings is 6. The molecule has 58 heavy (non-hydrogen) atoms. The number of carbonyl (C=O) groups excluding carboxylic acids is 2. The average molecular weight is 770 g/mol. The van der Waals surface area contributed by atoms with Crippen LogP contribution in [-0.2, 0) is 5.41 Å². The van der Waals surface area contributed by atoms with Crippen LogP contribution in [0.5, 0.6) is 11.5 Å². The maximum absolute atomic E-state index is 11.3. The van der Waals surface area contributed by atoms with Crippen LogP contribution >= 0.6 is 0 Å². The summed E-state index contributed by atoms with van der Waals surface area (Å²) >= 11 is 0. The Morgan fingerprint density at radius 2 is 0.845 bits per heavy atom. The topological polar surface area (TPSA) is 94.8 Å². The molecular weight excluding hydrogens is 723 g/mol. The molecule has 7 rings (SSSR count). The molecule has 0 aliphatic rings. The highest BCUT2D eigenvalue weighted by atomic mass is 16.5. The van der Waals surface area contributed by atoms with Crippen molar-refractivity contribution < 1.29 is 23.5 Å². The molecule has 0 bridgehead atoms. The van der Waals surface area contributed by atoms with Crippen LogP contribution in [0.2, 0.25) is 0 Å². The van der Waals surface area contributed by atoms with Crippen molar-refractivity contribution in [1.29, 1.82) is 0 Å². The molecule has 6 aromatic carbocycles. The van der Waals surface area contributed by atoms with Crippen molar-refractivity contribution in [3.05, 3.63) is 162 Å². The second-order valence-corrected chi connectivity index (χ2v) is 15.2. The van der Waals surface area contributed by atoms with Gasteiger partial charge in [-0.05, 0) is 157 Å². The summed E-state index contributed by atoms with van der Waals surface area (Å²) in [6, 6.07) is 47.4. The molecule has 8 heteroatoms. The zero-order valence-corrected chi connectivity index (χ0v) is 33.1. The van der Waals surface area contributed by atoms with Crippen molar-refractivity contribution in [2.24, 2.45) is 0 Å². The van der Waals surface area contributed by atoms with E-state index in [2.05, 4.69) is 84.4 Å². The number of ether oxygens (including phenoxy) is 2. The maximum Gasteiger partial charge on any atom is 0.248 e. The van der Waals surface area contributed by atoms with Crippen LogP contribution in [0, 0.1) is 0 Å². The van der Waals surface area contributed by atoms with Gasteiger partial charge in [0.1, 0.15) is 24.1 Å². The first kappa shape index (κ1) is 39.4. The molecule has 0 saturated heterocycles. The molecule has 1 aromatic heterocycles. The lowest BCUT2D eigenvalue weighted by molar-refractivity contribution is 0.111. The second-order valence-electron chi connectivity index (χ2n) is 15.2. The molecule has 0 aliphatic heterocycles. The van der Waals surface area contributed by atoms with E-state index in [1.165, 1.54) is 5.56 Å². The quantitative estimate of drug-likeness (QED) is 0.0667. The number of anilines is 3. The van der Waals surface area contributed by atoms with E-state index >= 15 is 0 Å². The summed E-state index contributed by atoms with van der Waals surface area (Å²) in [7, 11) is 0. The first-order chi connectivity index (χ1) is 28.3. The van der Waals surface area contributed by atoms with Gasteiger partial charge in [0.15, 0.2) is 0 Å². The Balaban J connectivity index is 0.829. The van der Waals surface area contributed by atoms with Crippen molar-refractivity contribution in [3.8, 4) is 45.5 Å². The third-order valence-electron chi connectivity index (χ3n) is 9.99. The molecule has 7 aromatic rings. The predicted molar refractivity (Wildman–Crippen MR) is 231 cm³/mol. The van der Waals surface area contributed by atoms with Gasteiger partial charge in [-0.1, -0.05) is 57.2 Å². The number of unbranched alkanes of at least 4 members (excludes halogenated alkanes) is 3. The Bertz CT molecular complexity index is 2330. The van der Waals surface area contributed by atoms with Crippen LogP contribution < -0.4 is 14.4 Å². The van der Waals surface area contributed by atoms with E-state index in [-0.39, 0.29) is 5.41 Å². The van der Waals surface area contributed by atoms with Crippen molar-refractivity contribution in [2.75, 3.05) is 18.1 Å². The summed E-state index contributed by atoms with van der Waals surface area (Å²) in [4.78, 5) is 24.6. The van der Waals surface area contributed by atoms with Crippen molar-refractivity contribution in [3.63, 3.8) is 0 Å². The van der Waals surface area contributed by atoms with Crippen molar-refractivity contribution in [2.45, 2.75) is 51.9 Å². The smallest absolute Gasteiger partial charge is 0.248 e. The van der Waals surface area contributed by atoms with E-state index in [1.807, 2.05) is 72.8 Å². The number of hydrogen-bond donors (Lipinski definition) is 0. The monoisotopic (exact) mass is 769 g/mol. The van der Waals surface area contributed by atoms with Crippen LogP contribution in [0.1, 0.15) is 72.7 Å². The lowest BCUT2D eigenvalue weighted by Crippen LogP contribution is -2.10. The van der Waals surface area contributed by atoms with Crippen LogP contribution in [0.4, 0.5) is 17.1 Å². The molecule has 0 radical (unpaired) electrons. The van der Waals surface area contributed by atoms with Gasteiger partial charge in [-0.15, -0.1) is 10.2 Å². The van der Waals surface area contributed by atoms with Gasteiger partial charge in [0.2, 0.25) is 11.8 Å². The average Bonchev–Trinajstić information content (AvgIpc) is 3.76. The van der Waals surface area contributed by atoms with E-state index in [4.69, 9.17) is 13.9 Å². The van der Waals surface area contributed by atoms with E-state index in [1.54, 1.807) is 24.3 Å². The lowest BCUT2D eigenvalue weighted by Gasteiger charge is -2.26. The molecule has 8 nitrogen and oxygen atoms in total. The van der Waals surface area contributed by atoms with E-state index in [9.17, 15) is 9.59 Å². The lowest BCUT2D eigenvalue weighted by atomic mass is 9.87. The predicted octanol–water partition coefficient (Wildman–Crippen LogP) is 12.5. The van der Waals surface area contributed by atoms with Crippen LogP contribution in [0.15, 0.2) is 150 Å². The minimum atomic E-state index is 0.0867. The summed E-state index contributed by atoms with van der Waals surface area (Å²) in [6.07, 6.45) is 5.72. The Morgan fingerprint density at radius 1 is 0.483 bits per heavy atom. The molecular formula is C50H47N3O5. The minimum Gasteiger partial charge on any atom is -0.494 e. The maximum atomic E-state index is 11.3. The summed E-state index contributed by atoms with van der Waals surface area (Å²) < 4.78 is 18.0. The van der Waals surface area contributed by atoms with Gasteiger partial charge in [-0.25, -0.2) is 0 Å². The Morgan fingerprint density at radius 3 is 1.24 bits per heavy atom. The zero-order valence-electron chi connectivity index (χ0n) is 33.1. The standard InChI is InChI=1S/C50H47N3O5/c1-50(2,3)42-20-12-40(13-21-42)48-51-52-49(58-48)41-18-30-47(31-19-41)57-33-7-5-4-6-32-56-46-28-16-39(17-29-46)38-14-26-45(27-15-38)53(43-22-8-36(34-54)9-23-43)44-24-10-37(35-55)11-25-44/h8-31,34-35H,4-7,32-33H2,1-3H3. The molecule has 0 amide bonds. The Hall–Kier alpha value is -6.80. The fraction of sp³-hybridized carbons (Fsp3) is 0.200. The molecule has 0 fully saturated rings. The Labute approximate surface area is 340 Å². The van der Waals surface area contributed by atoms with Crippen molar-refractivity contribution >= 4 is 29.6 Å². The number of nitrogens with zero attached hydrogens (tertiary/aromatic N) is 3. The van der Waals surface area contributed by atoms with Crippen LogP contribution in [-0.4, -0.2) is 36.0 Å². The molecule has 0 aliphatic carbocycles. The second kappa shape index (κ2) is 18.4. The number of aldehydes is 2. The minimum absolute atomic E-state index is 0.0867. The van der Waals surface area contributed by atoms with Gasteiger partial charge in [-0.3, -0.25) is 9.59 Å². The summed E-state index contributed by atoms with van der Waals surface area (Å²) in [5.74, 6) is 2.65. The summed E-state index contributed by atoms with van der Waals surface area (Å²) in [5, 5.41) is 8.52. The summed E-state index contributed by atoms with van der Waals surface area (Å²) in [5.41, 5.74) is 9.26. The van der Waals surface area contributed by atoms with Crippen molar-refractivity contribution in [1.82, 2.24) is 10.2 Å². The van der Waals surface area contributed by atoms with Gasteiger partial charge in [0.05, 0.1) is 13.2 Å². The Kier molecular flexibility index (Phi) is 12.5. The first-order valence-corrected chi connectivity index (χ1v) is 19.7. The zero-order chi connectivity index (χ0) is 40.3. The molecule has 0 unspecified atom stereocenters. The molecule has 0 atom stereocenters. The molecule has 0 N–H and O–H groups in total. The summed E-state index contributed by atoms with van der Waals surface area (Å²) in [6.45, 7) is 7.89. The van der Waals surface area contributed by atoms with E-state index in [0.717, 1.165) is 89.1 Å². The van der Waals surface area contributed by atoms with E-state index in [0.29, 0.717) is 36.1 Å². The SMILES string of the molecule is CC(C)(C)c1ccc(-c2nnc(-c3ccc(OCCCCCCOc4ccc(-c5ccc(N(c6ccc(C=O)cc6)c6ccc(C=O)cc6)cc5)cc4)cc3)o2)cc1. The molecule has 292 valence electrons. The number of aromatic nitrogens is 2. The third-order valence-corrected chi connectivity index (χ3v) is 9.99. The number of rotatable bonds is 17. The molecule has 0 spiro atoms. The fourth-order valence-electron chi connectivity index (χ4n) is 6.60. The number of hydrogen-bond acceptors (Lipinski definition) is 8. The highest BCUT2D eigenvalue weighted by Crippen LogP contribution is 2.36. The van der Waals surface area contributed by atoms with E-state index < -0.39 is 0 Å².